The number of rotatable bonds is 3. The Morgan fingerprint density at radius 3 is 2.75 bits per heavy atom. The first-order chi connectivity index (χ1) is 11.7. The molecule has 2 N–H and O–H groups in total. The van der Waals surface area contributed by atoms with Gasteiger partial charge in [0.2, 0.25) is 0 Å². The molecule has 118 valence electrons. The maximum Gasteiger partial charge on any atom is 0.292 e. The van der Waals surface area contributed by atoms with Gasteiger partial charge in [0.25, 0.3) is 5.91 Å². The molecule has 0 radical (unpaired) electrons. The van der Waals surface area contributed by atoms with Crippen molar-refractivity contribution < 1.29 is 9.21 Å². The van der Waals surface area contributed by atoms with Crippen LogP contribution >= 0.6 is 0 Å². The summed E-state index contributed by atoms with van der Waals surface area (Å²) in [4.78, 5) is 12.1. The number of fused-ring (bicyclic) bond motifs is 1. The van der Waals surface area contributed by atoms with Crippen molar-refractivity contribution in [3.63, 3.8) is 0 Å². The molecule has 0 aliphatic carbocycles. The van der Waals surface area contributed by atoms with Crippen LogP contribution in [-0.4, -0.2) is 16.1 Å². The average Bonchev–Trinajstić information content (AvgIpc) is 3.25. The lowest BCUT2D eigenvalue weighted by Crippen LogP contribution is -2.11. The van der Waals surface area contributed by atoms with E-state index in [2.05, 4.69) is 40.6 Å². The van der Waals surface area contributed by atoms with Crippen LogP contribution in [0.1, 0.15) is 16.1 Å². The Morgan fingerprint density at radius 2 is 1.96 bits per heavy atom. The molecule has 0 fully saturated rings. The molecule has 24 heavy (non-hydrogen) atoms. The molecule has 0 saturated carbocycles. The number of hydrogen-bond donors (Lipinski definition) is 2. The molecule has 2 heterocycles. The number of aryl methyl sites for hydroxylation is 1. The molecular weight excluding hydrogens is 302 g/mol. The van der Waals surface area contributed by atoms with Crippen molar-refractivity contribution in [1.29, 1.82) is 0 Å². The van der Waals surface area contributed by atoms with Gasteiger partial charge in [-0.1, -0.05) is 35.9 Å². The maximum atomic E-state index is 12.1. The summed E-state index contributed by atoms with van der Waals surface area (Å²) in [7, 11) is 0. The number of aromatic amines is 1. The van der Waals surface area contributed by atoms with Crippen molar-refractivity contribution in [2.75, 3.05) is 5.32 Å². The number of H-pyrrole nitrogens is 1. The lowest BCUT2D eigenvalue weighted by atomic mass is 10.0. The van der Waals surface area contributed by atoms with Crippen LogP contribution in [0.3, 0.4) is 0 Å². The Bertz CT molecular complexity index is 1020. The van der Waals surface area contributed by atoms with Crippen molar-refractivity contribution in [1.82, 2.24) is 10.2 Å². The van der Waals surface area contributed by atoms with Crippen molar-refractivity contribution in [2.24, 2.45) is 0 Å². The molecular formula is C19H15N3O2. The van der Waals surface area contributed by atoms with Gasteiger partial charge < -0.3 is 9.73 Å². The SMILES string of the molecule is Cc1cccc(-c2ccc3c(NC(=O)c4ccco4)n[nH]c3c2)c1. The molecule has 4 rings (SSSR count). The van der Waals surface area contributed by atoms with Crippen LogP contribution < -0.4 is 5.32 Å². The summed E-state index contributed by atoms with van der Waals surface area (Å²) in [5.41, 5.74) is 4.32. The van der Waals surface area contributed by atoms with E-state index in [9.17, 15) is 4.79 Å². The molecule has 0 spiro atoms. The zero-order chi connectivity index (χ0) is 16.5. The minimum absolute atomic E-state index is 0.252. The molecule has 4 aromatic rings. The number of furan rings is 1. The number of aromatic nitrogens is 2. The van der Waals surface area contributed by atoms with Crippen LogP contribution in [-0.2, 0) is 0 Å². The number of amides is 1. The number of nitrogens with zero attached hydrogens (tertiary/aromatic N) is 1. The van der Waals surface area contributed by atoms with Crippen LogP contribution in [0.4, 0.5) is 5.82 Å². The fraction of sp³-hybridized carbons (Fsp3) is 0.0526. The van der Waals surface area contributed by atoms with Crippen molar-refractivity contribution >= 4 is 22.6 Å². The first-order valence-electron chi connectivity index (χ1n) is 7.61. The van der Waals surface area contributed by atoms with Crippen LogP contribution in [0.5, 0.6) is 0 Å². The minimum atomic E-state index is -0.323. The van der Waals surface area contributed by atoms with Gasteiger partial charge in [-0.3, -0.25) is 9.89 Å². The average molecular weight is 317 g/mol. The lowest BCUT2D eigenvalue weighted by molar-refractivity contribution is 0.0996. The third-order valence-electron chi connectivity index (χ3n) is 3.89. The molecule has 2 aromatic heterocycles. The number of nitrogens with one attached hydrogen (secondary N) is 2. The summed E-state index contributed by atoms with van der Waals surface area (Å²) < 4.78 is 5.09. The van der Waals surface area contributed by atoms with Crippen LogP contribution in [0.2, 0.25) is 0 Å². The Labute approximate surface area is 138 Å². The second kappa shape index (κ2) is 5.70. The van der Waals surface area contributed by atoms with Gasteiger partial charge in [0.1, 0.15) is 0 Å². The highest BCUT2D eigenvalue weighted by atomic mass is 16.3. The van der Waals surface area contributed by atoms with Gasteiger partial charge in [0.15, 0.2) is 11.6 Å². The lowest BCUT2D eigenvalue weighted by Gasteiger charge is -2.04. The van der Waals surface area contributed by atoms with E-state index in [0.717, 1.165) is 22.0 Å². The summed E-state index contributed by atoms with van der Waals surface area (Å²) in [6.45, 7) is 2.07. The van der Waals surface area contributed by atoms with Crippen LogP contribution in [0.25, 0.3) is 22.0 Å². The molecule has 0 atom stereocenters. The Morgan fingerprint density at radius 1 is 1.08 bits per heavy atom. The van der Waals surface area contributed by atoms with Gasteiger partial charge in [0.05, 0.1) is 11.8 Å². The number of benzene rings is 2. The highest BCUT2D eigenvalue weighted by Crippen LogP contribution is 2.27. The standard InChI is InChI=1S/C19H15N3O2/c1-12-4-2-5-13(10-12)14-7-8-15-16(11-14)21-22-18(15)20-19(23)17-6-3-9-24-17/h2-11H,1H3,(H2,20,21,22,23). The molecule has 0 bridgehead atoms. The van der Waals surface area contributed by atoms with E-state index in [-0.39, 0.29) is 11.7 Å². The fourth-order valence-electron chi connectivity index (χ4n) is 2.70. The van der Waals surface area contributed by atoms with Crippen molar-refractivity contribution in [2.45, 2.75) is 6.92 Å². The van der Waals surface area contributed by atoms with Crippen LogP contribution in [0, 0.1) is 6.92 Å². The molecule has 1 amide bonds. The molecule has 5 heteroatoms. The molecule has 0 aliphatic heterocycles. The topological polar surface area (TPSA) is 70.9 Å². The highest BCUT2D eigenvalue weighted by molar-refractivity contribution is 6.06. The largest absolute Gasteiger partial charge is 0.459 e. The molecule has 5 nitrogen and oxygen atoms in total. The summed E-state index contributed by atoms with van der Waals surface area (Å²) in [5.74, 6) is 0.417. The maximum absolute atomic E-state index is 12.1. The molecule has 0 aliphatic rings. The van der Waals surface area contributed by atoms with E-state index in [1.54, 1.807) is 12.1 Å². The van der Waals surface area contributed by atoms with E-state index >= 15 is 0 Å². The Hall–Kier alpha value is -3.34. The van der Waals surface area contributed by atoms with Gasteiger partial charge >= 0.3 is 0 Å². The Kier molecular flexibility index (Phi) is 3.39. The first kappa shape index (κ1) is 14.3. The minimum Gasteiger partial charge on any atom is -0.459 e. The third kappa shape index (κ3) is 2.56. The third-order valence-corrected chi connectivity index (χ3v) is 3.89. The van der Waals surface area contributed by atoms with E-state index in [4.69, 9.17) is 4.42 Å². The number of carbonyl (C=O) groups is 1. The van der Waals surface area contributed by atoms with Gasteiger partial charge in [0, 0.05) is 5.39 Å². The molecule has 0 saturated heterocycles. The van der Waals surface area contributed by atoms with E-state index in [1.165, 1.54) is 11.8 Å². The monoisotopic (exact) mass is 317 g/mol. The van der Waals surface area contributed by atoms with E-state index < -0.39 is 0 Å². The second-order valence-electron chi connectivity index (χ2n) is 5.63. The first-order valence-corrected chi connectivity index (χ1v) is 7.61. The summed E-state index contributed by atoms with van der Waals surface area (Å²) in [6, 6.07) is 17.6. The predicted octanol–water partition coefficient (Wildman–Crippen LogP) is 4.38. The molecule has 2 aromatic carbocycles. The van der Waals surface area contributed by atoms with Gasteiger partial charge in [-0.25, -0.2) is 0 Å². The normalized spacial score (nSPS) is 10.9. The van der Waals surface area contributed by atoms with Crippen molar-refractivity contribution in [3.05, 3.63) is 72.2 Å². The van der Waals surface area contributed by atoms with Gasteiger partial charge in [-0.05, 0) is 42.3 Å². The van der Waals surface area contributed by atoms with Crippen molar-refractivity contribution in [3.8, 4) is 11.1 Å². The number of carbonyl (C=O) groups excluding carboxylic acids is 1. The predicted molar refractivity (Wildman–Crippen MR) is 92.9 cm³/mol. The summed E-state index contributed by atoms with van der Waals surface area (Å²) in [6.07, 6.45) is 1.46. The smallest absolute Gasteiger partial charge is 0.292 e. The summed E-state index contributed by atoms with van der Waals surface area (Å²) >= 11 is 0. The van der Waals surface area contributed by atoms with Gasteiger partial charge in [-0.2, -0.15) is 5.10 Å². The van der Waals surface area contributed by atoms with E-state index in [0.29, 0.717) is 5.82 Å². The number of anilines is 1. The zero-order valence-corrected chi connectivity index (χ0v) is 13.0. The zero-order valence-electron chi connectivity index (χ0n) is 13.0. The quantitative estimate of drug-likeness (QED) is 0.589. The molecule has 0 unspecified atom stereocenters. The fourth-order valence-corrected chi connectivity index (χ4v) is 2.70. The highest BCUT2D eigenvalue weighted by Gasteiger charge is 2.13. The second-order valence-corrected chi connectivity index (χ2v) is 5.63. The number of hydrogen-bond acceptors (Lipinski definition) is 3. The van der Waals surface area contributed by atoms with E-state index in [1.807, 2.05) is 24.3 Å². The Balaban J connectivity index is 1.67. The van der Waals surface area contributed by atoms with Gasteiger partial charge in [-0.15, -0.1) is 0 Å². The summed E-state index contributed by atoms with van der Waals surface area (Å²) in [5, 5.41) is 10.8. The van der Waals surface area contributed by atoms with Crippen LogP contribution in [0.15, 0.2) is 65.3 Å².